The first kappa shape index (κ1) is 12.6. The van der Waals surface area contributed by atoms with Crippen LogP contribution in [0.3, 0.4) is 0 Å². The minimum atomic E-state index is 0.214. The number of aliphatic hydroxyl groups is 1. The Bertz CT molecular complexity index is 261. The molecule has 0 spiro atoms. The van der Waals surface area contributed by atoms with Gasteiger partial charge < -0.3 is 10.4 Å². The van der Waals surface area contributed by atoms with E-state index >= 15 is 0 Å². The van der Waals surface area contributed by atoms with E-state index in [4.69, 9.17) is 5.11 Å². The minimum Gasteiger partial charge on any atom is -0.395 e. The molecule has 0 aliphatic heterocycles. The fourth-order valence-electron chi connectivity index (χ4n) is 1.36. The summed E-state index contributed by atoms with van der Waals surface area (Å²) in [6.07, 6.45) is 1.02. The maximum Gasteiger partial charge on any atom is 0.0555 e. The topological polar surface area (TPSA) is 32.3 Å². The lowest BCUT2D eigenvalue weighted by molar-refractivity contribution is 0.293. The molecule has 0 heterocycles. The molecular weight excluding hydrogens is 206 g/mol. The number of hydrogen-bond acceptors (Lipinski definition) is 3. The molecule has 1 aromatic carbocycles. The molecule has 0 fully saturated rings. The first-order valence-corrected chi connectivity index (χ1v) is 6.38. The zero-order valence-electron chi connectivity index (χ0n) is 9.20. The molecule has 0 saturated carbocycles. The monoisotopic (exact) mass is 225 g/mol. The summed E-state index contributed by atoms with van der Waals surface area (Å²) in [5.41, 5.74) is 1.35. The molecule has 0 aliphatic rings. The van der Waals surface area contributed by atoms with Gasteiger partial charge in [-0.05, 0) is 36.4 Å². The van der Waals surface area contributed by atoms with Gasteiger partial charge in [-0.1, -0.05) is 19.1 Å². The van der Waals surface area contributed by atoms with E-state index in [1.807, 2.05) is 11.8 Å². The van der Waals surface area contributed by atoms with Crippen molar-refractivity contribution in [3.63, 3.8) is 0 Å². The number of rotatable bonds is 7. The fraction of sp³-hybridized carbons (Fsp3) is 0.500. The molecule has 2 nitrogen and oxygen atoms in total. The van der Waals surface area contributed by atoms with Gasteiger partial charge in [0.25, 0.3) is 0 Å². The van der Waals surface area contributed by atoms with Crippen LogP contribution < -0.4 is 5.32 Å². The third kappa shape index (κ3) is 5.21. The van der Waals surface area contributed by atoms with E-state index in [0.717, 1.165) is 18.7 Å². The number of benzene rings is 1. The maximum absolute atomic E-state index is 8.59. The van der Waals surface area contributed by atoms with Crippen LogP contribution in [0.2, 0.25) is 0 Å². The van der Waals surface area contributed by atoms with Crippen LogP contribution in [0.25, 0.3) is 0 Å². The Labute approximate surface area is 96.1 Å². The van der Waals surface area contributed by atoms with Crippen molar-refractivity contribution in [3.8, 4) is 0 Å². The van der Waals surface area contributed by atoms with Crippen LogP contribution in [0, 0.1) is 0 Å². The second-order valence-corrected chi connectivity index (χ2v) is 4.64. The summed E-state index contributed by atoms with van der Waals surface area (Å²) < 4.78 is 0. The molecule has 3 heteroatoms. The second-order valence-electron chi connectivity index (χ2n) is 3.30. The molecular formula is C12H19NOS. The van der Waals surface area contributed by atoms with E-state index in [0.29, 0.717) is 6.54 Å². The number of thioether (sulfide) groups is 1. The number of hydrogen-bond donors (Lipinski definition) is 2. The van der Waals surface area contributed by atoms with E-state index in [1.165, 1.54) is 10.5 Å². The largest absolute Gasteiger partial charge is 0.395 e. The molecule has 0 aliphatic carbocycles. The lowest BCUT2D eigenvalue weighted by Gasteiger charge is -2.04. The zero-order valence-corrected chi connectivity index (χ0v) is 10.0. The van der Waals surface area contributed by atoms with Crippen molar-refractivity contribution in [2.45, 2.75) is 18.2 Å². The Kier molecular flexibility index (Phi) is 6.48. The highest BCUT2D eigenvalue weighted by Crippen LogP contribution is 2.17. The Morgan fingerprint density at radius 2 is 1.93 bits per heavy atom. The van der Waals surface area contributed by atoms with Crippen LogP contribution in [-0.2, 0) is 6.42 Å². The first-order valence-electron chi connectivity index (χ1n) is 5.40. The standard InChI is InChI=1S/C12H19NOS/c1-2-15-12-5-3-11(4-6-12)7-8-13-9-10-14/h3-6,13-14H,2,7-10H2,1H3. The van der Waals surface area contributed by atoms with Crippen LogP contribution in [-0.4, -0.2) is 30.6 Å². The van der Waals surface area contributed by atoms with Crippen molar-refractivity contribution < 1.29 is 5.11 Å². The molecule has 0 unspecified atom stereocenters. The Morgan fingerprint density at radius 3 is 2.53 bits per heavy atom. The average molecular weight is 225 g/mol. The molecule has 0 bridgehead atoms. The summed E-state index contributed by atoms with van der Waals surface area (Å²) in [5.74, 6) is 1.12. The van der Waals surface area contributed by atoms with Gasteiger partial charge in [0.1, 0.15) is 0 Å². The quantitative estimate of drug-likeness (QED) is 0.549. The van der Waals surface area contributed by atoms with Crippen molar-refractivity contribution >= 4 is 11.8 Å². The smallest absolute Gasteiger partial charge is 0.0555 e. The molecule has 15 heavy (non-hydrogen) atoms. The molecule has 0 atom stereocenters. The normalized spacial score (nSPS) is 10.5. The SMILES string of the molecule is CCSc1ccc(CCNCCO)cc1. The lowest BCUT2D eigenvalue weighted by atomic mass is 10.1. The van der Waals surface area contributed by atoms with Crippen LogP contribution in [0.4, 0.5) is 0 Å². The van der Waals surface area contributed by atoms with E-state index in [-0.39, 0.29) is 6.61 Å². The number of aliphatic hydroxyl groups excluding tert-OH is 1. The number of nitrogens with one attached hydrogen (secondary N) is 1. The molecule has 0 amide bonds. The van der Waals surface area contributed by atoms with E-state index in [2.05, 4.69) is 36.5 Å². The van der Waals surface area contributed by atoms with Crippen LogP contribution in [0.15, 0.2) is 29.2 Å². The van der Waals surface area contributed by atoms with Crippen LogP contribution in [0.1, 0.15) is 12.5 Å². The van der Waals surface area contributed by atoms with Gasteiger partial charge in [0.05, 0.1) is 6.61 Å². The Hall–Kier alpha value is -0.510. The van der Waals surface area contributed by atoms with Crippen LogP contribution >= 0.6 is 11.8 Å². The van der Waals surface area contributed by atoms with Gasteiger partial charge in [-0.3, -0.25) is 0 Å². The van der Waals surface area contributed by atoms with Gasteiger partial charge in [-0.2, -0.15) is 0 Å². The van der Waals surface area contributed by atoms with E-state index in [1.54, 1.807) is 0 Å². The third-order valence-corrected chi connectivity index (χ3v) is 3.01. The molecule has 1 aromatic rings. The van der Waals surface area contributed by atoms with Gasteiger partial charge >= 0.3 is 0 Å². The maximum atomic E-state index is 8.59. The van der Waals surface area contributed by atoms with Crippen molar-refractivity contribution in [2.24, 2.45) is 0 Å². The predicted octanol–water partition coefficient (Wildman–Crippen LogP) is 1.92. The third-order valence-electron chi connectivity index (χ3n) is 2.11. The highest BCUT2D eigenvalue weighted by atomic mass is 32.2. The van der Waals surface area contributed by atoms with Crippen molar-refractivity contribution in [1.29, 1.82) is 0 Å². The fourth-order valence-corrected chi connectivity index (χ4v) is 2.02. The molecule has 0 radical (unpaired) electrons. The predicted molar refractivity (Wildman–Crippen MR) is 66.5 cm³/mol. The van der Waals surface area contributed by atoms with Gasteiger partial charge in [0.15, 0.2) is 0 Å². The van der Waals surface area contributed by atoms with Gasteiger partial charge in [0, 0.05) is 11.4 Å². The summed E-state index contributed by atoms with van der Waals surface area (Å²) in [6, 6.07) is 8.71. The first-order chi connectivity index (χ1) is 7.36. The summed E-state index contributed by atoms with van der Waals surface area (Å²) in [6.45, 7) is 3.99. The van der Waals surface area contributed by atoms with E-state index in [9.17, 15) is 0 Å². The lowest BCUT2D eigenvalue weighted by Crippen LogP contribution is -2.20. The van der Waals surface area contributed by atoms with Crippen molar-refractivity contribution in [2.75, 3.05) is 25.4 Å². The van der Waals surface area contributed by atoms with Gasteiger partial charge in [-0.25, -0.2) is 0 Å². The van der Waals surface area contributed by atoms with E-state index < -0.39 is 0 Å². The van der Waals surface area contributed by atoms with Gasteiger partial charge in [-0.15, -0.1) is 11.8 Å². The Balaban J connectivity index is 2.29. The van der Waals surface area contributed by atoms with Crippen LogP contribution in [0.5, 0.6) is 0 Å². The summed E-state index contributed by atoms with van der Waals surface area (Å²) >= 11 is 1.87. The summed E-state index contributed by atoms with van der Waals surface area (Å²) in [4.78, 5) is 1.34. The average Bonchev–Trinajstić information content (AvgIpc) is 2.27. The van der Waals surface area contributed by atoms with Crippen molar-refractivity contribution in [3.05, 3.63) is 29.8 Å². The zero-order chi connectivity index (χ0) is 10.9. The summed E-state index contributed by atoms with van der Waals surface area (Å²) in [7, 11) is 0. The Morgan fingerprint density at radius 1 is 1.20 bits per heavy atom. The highest BCUT2D eigenvalue weighted by molar-refractivity contribution is 7.99. The molecule has 0 saturated heterocycles. The summed E-state index contributed by atoms with van der Waals surface area (Å²) in [5, 5.41) is 11.8. The molecule has 2 N–H and O–H groups in total. The molecule has 0 aromatic heterocycles. The molecule has 1 rings (SSSR count). The minimum absolute atomic E-state index is 0.214. The van der Waals surface area contributed by atoms with Crippen molar-refractivity contribution in [1.82, 2.24) is 5.32 Å². The highest BCUT2D eigenvalue weighted by Gasteiger charge is 1.94. The molecule has 84 valence electrons. The second kappa shape index (κ2) is 7.74. The van der Waals surface area contributed by atoms with Gasteiger partial charge in [0.2, 0.25) is 0 Å².